The first-order valence-corrected chi connectivity index (χ1v) is 10.3. The number of unbranched alkanes of at least 4 members (excludes halogenated alkanes) is 2. The van der Waals surface area contributed by atoms with Gasteiger partial charge in [0.2, 0.25) is 0 Å². The van der Waals surface area contributed by atoms with Gasteiger partial charge >= 0.3 is 11.9 Å². The summed E-state index contributed by atoms with van der Waals surface area (Å²) in [6.45, 7) is 0.866. The van der Waals surface area contributed by atoms with E-state index in [1.165, 1.54) is 0 Å². The average molecular weight is 530 g/mol. The van der Waals surface area contributed by atoms with Crippen LogP contribution in [0.3, 0.4) is 0 Å². The van der Waals surface area contributed by atoms with Crippen LogP contribution < -0.4 is 0 Å². The first kappa shape index (κ1) is 19.7. The molecule has 1 rings (SSSR count). The molecule has 0 radical (unpaired) electrons. The van der Waals surface area contributed by atoms with E-state index in [1.807, 2.05) is 0 Å². The van der Waals surface area contributed by atoms with E-state index in [0.717, 1.165) is 34.5 Å². The van der Waals surface area contributed by atoms with Crippen molar-refractivity contribution in [1.29, 1.82) is 0 Å². The first-order valence-electron chi connectivity index (χ1n) is 7.25. The minimum atomic E-state index is -0.351. The molecule has 122 valence electrons. The zero-order valence-corrected chi connectivity index (χ0v) is 16.7. The first-order chi connectivity index (χ1) is 10.7. The molecule has 0 saturated heterocycles. The molecule has 22 heavy (non-hydrogen) atoms. The summed E-state index contributed by atoms with van der Waals surface area (Å²) < 4.78 is 12.4. The highest BCUT2D eigenvalue weighted by Crippen LogP contribution is 2.09. The molecule has 0 aliphatic rings. The second-order valence-corrected chi connectivity index (χ2v) is 6.80. The lowest BCUT2D eigenvalue weighted by molar-refractivity contribution is 0.0485. The molecule has 0 fully saturated rings. The van der Waals surface area contributed by atoms with Crippen LogP contribution in [0.5, 0.6) is 0 Å². The van der Waals surface area contributed by atoms with Gasteiger partial charge in [0.25, 0.3) is 0 Å². The van der Waals surface area contributed by atoms with Crippen LogP contribution in [0, 0.1) is 0 Å². The third-order valence-corrected chi connectivity index (χ3v) is 4.40. The summed E-state index contributed by atoms with van der Waals surface area (Å²) in [4.78, 5) is 23.6. The van der Waals surface area contributed by atoms with Crippen molar-refractivity contribution in [2.24, 2.45) is 0 Å². The molecule has 0 amide bonds. The Bertz CT molecular complexity index is 417. The summed E-state index contributed by atoms with van der Waals surface area (Å²) in [6, 6.07) is 6.40. The van der Waals surface area contributed by atoms with Crippen molar-refractivity contribution in [3.05, 3.63) is 35.4 Å². The predicted octanol–water partition coefficient (Wildman–Crippen LogP) is 4.43. The monoisotopic (exact) mass is 530 g/mol. The molecule has 0 spiro atoms. The molecule has 1 aromatic rings. The number of ether oxygens (including phenoxy) is 2. The Morgan fingerprint density at radius 2 is 1.09 bits per heavy atom. The topological polar surface area (TPSA) is 52.6 Å². The molecule has 0 aliphatic heterocycles. The summed E-state index contributed by atoms with van der Waals surface area (Å²) in [6.07, 6.45) is 3.82. The van der Waals surface area contributed by atoms with Gasteiger partial charge in [0.1, 0.15) is 0 Å². The molecule has 0 bridgehead atoms. The van der Waals surface area contributed by atoms with Gasteiger partial charge in [0.05, 0.1) is 24.3 Å². The maximum atomic E-state index is 11.8. The van der Waals surface area contributed by atoms with Crippen LogP contribution in [0.25, 0.3) is 0 Å². The van der Waals surface area contributed by atoms with Crippen molar-refractivity contribution in [2.45, 2.75) is 25.7 Å². The Kier molecular flexibility index (Phi) is 10.8. The maximum Gasteiger partial charge on any atom is 0.338 e. The minimum Gasteiger partial charge on any atom is -0.462 e. The molecule has 0 aromatic heterocycles. The summed E-state index contributed by atoms with van der Waals surface area (Å²) in [5.41, 5.74) is 0.909. The number of halogens is 2. The fourth-order valence-corrected chi connectivity index (χ4v) is 2.71. The molecule has 4 nitrogen and oxygen atoms in total. The normalized spacial score (nSPS) is 10.3. The van der Waals surface area contributed by atoms with Crippen LogP contribution in [0.2, 0.25) is 0 Å². The number of hydrogen-bond donors (Lipinski definition) is 0. The molecule has 6 heteroatoms. The van der Waals surface area contributed by atoms with Gasteiger partial charge in [-0.2, -0.15) is 0 Å². The highest BCUT2D eigenvalue weighted by Gasteiger charge is 2.10. The van der Waals surface area contributed by atoms with E-state index >= 15 is 0 Å². The number of carbonyl (C=O) groups excluding carboxylic acids is 2. The van der Waals surface area contributed by atoms with Gasteiger partial charge in [-0.15, -0.1) is 0 Å². The van der Waals surface area contributed by atoms with E-state index in [4.69, 9.17) is 9.47 Å². The van der Waals surface area contributed by atoms with Crippen LogP contribution in [0.15, 0.2) is 24.3 Å². The van der Waals surface area contributed by atoms with Gasteiger partial charge in [-0.1, -0.05) is 45.2 Å². The maximum absolute atomic E-state index is 11.8. The summed E-state index contributed by atoms with van der Waals surface area (Å²) in [5.74, 6) is -0.703. The van der Waals surface area contributed by atoms with E-state index in [0.29, 0.717) is 24.3 Å². The molecule has 0 unspecified atom stereocenters. The zero-order chi connectivity index (χ0) is 16.2. The van der Waals surface area contributed by atoms with Crippen molar-refractivity contribution in [2.75, 3.05) is 22.1 Å². The standard InChI is InChI=1S/C16H20I2O4/c17-9-1-3-11-21-15(19)13-5-7-14(8-6-13)16(20)22-12-4-2-10-18/h5-8H,1-4,9-12H2. The van der Waals surface area contributed by atoms with Gasteiger partial charge in [-0.05, 0) is 58.8 Å². The third kappa shape index (κ3) is 7.75. The average Bonchev–Trinajstić information content (AvgIpc) is 2.55. The quantitative estimate of drug-likeness (QED) is 0.195. The predicted molar refractivity (Wildman–Crippen MR) is 103 cm³/mol. The lowest BCUT2D eigenvalue weighted by Gasteiger charge is -2.06. The number of rotatable bonds is 10. The van der Waals surface area contributed by atoms with E-state index in [2.05, 4.69) is 45.2 Å². The van der Waals surface area contributed by atoms with Crippen molar-refractivity contribution in [1.82, 2.24) is 0 Å². The zero-order valence-electron chi connectivity index (χ0n) is 12.4. The van der Waals surface area contributed by atoms with Gasteiger partial charge in [-0.3, -0.25) is 0 Å². The summed E-state index contributed by atoms with van der Waals surface area (Å²) >= 11 is 4.59. The van der Waals surface area contributed by atoms with Gasteiger partial charge in [-0.25, -0.2) is 9.59 Å². The lowest BCUT2D eigenvalue weighted by atomic mass is 10.1. The van der Waals surface area contributed by atoms with E-state index in [1.54, 1.807) is 24.3 Å². The Hall–Kier alpha value is -0.380. The Labute approximate surface area is 158 Å². The molecule has 0 atom stereocenters. The second-order valence-electron chi connectivity index (χ2n) is 4.64. The van der Waals surface area contributed by atoms with Gasteiger partial charge < -0.3 is 9.47 Å². The number of alkyl halides is 2. The van der Waals surface area contributed by atoms with Crippen molar-refractivity contribution >= 4 is 57.1 Å². The summed E-state index contributed by atoms with van der Waals surface area (Å²) in [5, 5.41) is 0. The smallest absolute Gasteiger partial charge is 0.338 e. The van der Waals surface area contributed by atoms with Crippen molar-refractivity contribution in [3.63, 3.8) is 0 Å². The van der Waals surface area contributed by atoms with E-state index in [-0.39, 0.29) is 11.9 Å². The highest BCUT2D eigenvalue weighted by atomic mass is 127. The Balaban J connectivity index is 2.41. The molecular weight excluding hydrogens is 510 g/mol. The molecular formula is C16H20I2O4. The third-order valence-electron chi connectivity index (χ3n) is 2.88. The number of benzene rings is 1. The van der Waals surface area contributed by atoms with E-state index in [9.17, 15) is 9.59 Å². The van der Waals surface area contributed by atoms with Crippen molar-refractivity contribution in [3.8, 4) is 0 Å². The Morgan fingerprint density at radius 1 is 0.727 bits per heavy atom. The fraction of sp³-hybridized carbons (Fsp3) is 0.500. The van der Waals surface area contributed by atoms with Gasteiger partial charge in [0, 0.05) is 0 Å². The number of carbonyl (C=O) groups is 2. The van der Waals surface area contributed by atoms with Crippen LogP contribution >= 0.6 is 45.2 Å². The largest absolute Gasteiger partial charge is 0.462 e. The molecule has 1 aromatic carbocycles. The molecule has 0 saturated carbocycles. The van der Waals surface area contributed by atoms with Gasteiger partial charge in [0.15, 0.2) is 0 Å². The van der Waals surface area contributed by atoms with Crippen LogP contribution in [-0.4, -0.2) is 34.0 Å². The number of esters is 2. The fourth-order valence-electron chi connectivity index (χ4n) is 1.63. The second kappa shape index (κ2) is 12.1. The van der Waals surface area contributed by atoms with Crippen LogP contribution in [0.1, 0.15) is 46.4 Å². The lowest BCUT2D eigenvalue weighted by Crippen LogP contribution is -2.09. The SMILES string of the molecule is O=C(OCCCCI)c1ccc(C(=O)OCCCCI)cc1. The number of hydrogen-bond acceptors (Lipinski definition) is 4. The van der Waals surface area contributed by atoms with E-state index < -0.39 is 0 Å². The molecule has 0 N–H and O–H groups in total. The van der Waals surface area contributed by atoms with Crippen molar-refractivity contribution < 1.29 is 19.1 Å². The van der Waals surface area contributed by atoms with Crippen LogP contribution in [0.4, 0.5) is 0 Å². The van der Waals surface area contributed by atoms with Crippen LogP contribution in [-0.2, 0) is 9.47 Å². The molecule has 0 heterocycles. The minimum absolute atomic E-state index is 0.351. The Morgan fingerprint density at radius 3 is 1.41 bits per heavy atom. The summed E-state index contributed by atoms with van der Waals surface area (Å²) in [7, 11) is 0. The highest BCUT2D eigenvalue weighted by molar-refractivity contribution is 14.1. The molecule has 0 aliphatic carbocycles.